The zero-order chi connectivity index (χ0) is 18.0. The molecule has 2 unspecified atom stereocenters. The lowest BCUT2D eigenvalue weighted by atomic mass is 9.92. The van der Waals surface area contributed by atoms with E-state index in [1.54, 1.807) is 18.3 Å². The van der Waals surface area contributed by atoms with E-state index in [0.29, 0.717) is 23.0 Å². The second-order valence-electron chi connectivity index (χ2n) is 6.36. The summed E-state index contributed by atoms with van der Waals surface area (Å²) in [5.74, 6) is -0.802. The van der Waals surface area contributed by atoms with E-state index in [-0.39, 0.29) is 6.04 Å². The molecule has 0 aliphatic carbocycles. The van der Waals surface area contributed by atoms with Gasteiger partial charge >= 0.3 is 5.97 Å². The Labute approximate surface area is 157 Å². The number of nitrogens with zero attached hydrogens (tertiary/aromatic N) is 2. The molecule has 1 N–H and O–H groups in total. The molecule has 0 amide bonds. The number of halogens is 2. The van der Waals surface area contributed by atoms with Gasteiger partial charge in [0.15, 0.2) is 0 Å². The molecule has 3 rings (SSSR count). The van der Waals surface area contributed by atoms with Crippen LogP contribution in [0.25, 0.3) is 0 Å². The maximum Gasteiger partial charge on any atom is 0.320 e. The van der Waals surface area contributed by atoms with Crippen LogP contribution >= 0.6 is 23.2 Å². The molecule has 0 spiro atoms. The minimum Gasteiger partial charge on any atom is -0.480 e. The summed E-state index contributed by atoms with van der Waals surface area (Å²) >= 11 is 12.5. The molecule has 1 aliphatic heterocycles. The number of benzene rings is 1. The summed E-state index contributed by atoms with van der Waals surface area (Å²) in [4.78, 5) is 18.4. The van der Waals surface area contributed by atoms with E-state index in [4.69, 9.17) is 23.2 Å². The molecule has 2 heterocycles. The number of aromatic nitrogens is 1. The van der Waals surface area contributed by atoms with E-state index >= 15 is 0 Å². The number of aryl methyl sites for hydroxylation is 1. The van der Waals surface area contributed by atoms with Crippen LogP contribution in [0.1, 0.15) is 42.1 Å². The number of piperidine rings is 1. The second kappa shape index (κ2) is 7.73. The zero-order valence-electron chi connectivity index (χ0n) is 14.0. The summed E-state index contributed by atoms with van der Waals surface area (Å²) in [5, 5.41) is 10.8. The van der Waals surface area contributed by atoms with Crippen molar-refractivity contribution in [3.63, 3.8) is 0 Å². The van der Waals surface area contributed by atoms with Gasteiger partial charge in [-0.1, -0.05) is 41.8 Å². The van der Waals surface area contributed by atoms with Crippen LogP contribution in [0.3, 0.4) is 0 Å². The highest BCUT2D eigenvalue weighted by Crippen LogP contribution is 2.38. The minimum atomic E-state index is -0.802. The van der Waals surface area contributed by atoms with Gasteiger partial charge in [-0.25, -0.2) is 0 Å². The zero-order valence-corrected chi connectivity index (χ0v) is 15.5. The molecule has 1 fully saturated rings. The van der Waals surface area contributed by atoms with Crippen molar-refractivity contribution in [2.24, 2.45) is 0 Å². The van der Waals surface area contributed by atoms with Crippen molar-refractivity contribution in [1.29, 1.82) is 0 Å². The molecule has 0 bridgehead atoms. The van der Waals surface area contributed by atoms with E-state index < -0.39 is 12.0 Å². The maximum absolute atomic E-state index is 11.8. The van der Waals surface area contributed by atoms with Gasteiger partial charge in [0.2, 0.25) is 0 Å². The number of carboxylic acids is 1. The molecule has 6 heteroatoms. The molecule has 2 atom stereocenters. The van der Waals surface area contributed by atoms with Gasteiger partial charge in [-0.2, -0.15) is 0 Å². The fourth-order valence-corrected chi connectivity index (χ4v) is 4.03. The summed E-state index contributed by atoms with van der Waals surface area (Å²) in [6, 6.07) is 8.36. The van der Waals surface area contributed by atoms with Gasteiger partial charge in [0.25, 0.3) is 0 Å². The molecular formula is C19H20Cl2N2O2. The van der Waals surface area contributed by atoms with Crippen molar-refractivity contribution in [1.82, 2.24) is 9.88 Å². The third-order valence-corrected chi connectivity index (χ3v) is 5.29. The topological polar surface area (TPSA) is 53.4 Å². The van der Waals surface area contributed by atoms with Crippen LogP contribution in [0.2, 0.25) is 10.0 Å². The van der Waals surface area contributed by atoms with Crippen molar-refractivity contribution < 1.29 is 9.90 Å². The number of hydrogen-bond donors (Lipinski definition) is 1. The van der Waals surface area contributed by atoms with E-state index in [1.165, 1.54) is 0 Å². The number of rotatable bonds is 4. The van der Waals surface area contributed by atoms with Crippen LogP contribution in [0.15, 0.2) is 36.5 Å². The lowest BCUT2D eigenvalue weighted by Gasteiger charge is -2.39. The van der Waals surface area contributed by atoms with Crippen molar-refractivity contribution in [3.8, 4) is 0 Å². The van der Waals surface area contributed by atoms with E-state index in [2.05, 4.69) is 4.98 Å². The first-order valence-corrected chi connectivity index (χ1v) is 9.09. The Balaban J connectivity index is 2.15. The Morgan fingerprint density at radius 3 is 2.80 bits per heavy atom. The molecule has 0 saturated carbocycles. The fraction of sp³-hybridized carbons (Fsp3) is 0.368. The van der Waals surface area contributed by atoms with Gasteiger partial charge in [-0.05, 0) is 55.6 Å². The average Bonchev–Trinajstić information content (AvgIpc) is 2.59. The summed E-state index contributed by atoms with van der Waals surface area (Å²) in [6.45, 7) is 2.68. The molecule has 1 aromatic carbocycles. The number of carbonyl (C=O) groups is 1. The second-order valence-corrected chi connectivity index (χ2v) is 7.21. The predicted molar refractivity (Wildman–Crippen MR) is 99.3 cm³/mol. The molecule has 2 aromatic rings. The Bertz CT molecular complexity index is 782. The molecule has 1 saturated heterocycles. The highest BCUT2D eigenvalue weighted by Gasteiger charge is 2.37. The molecule has 0 radical (unpaired) electrons. The third-order valence-electron chi connectivity index (χ3n) is 4.73. The fourth-order valence-electron chi connectivity index (χ4n) is 3.52. The quantitative estimate of drug-likeness (QED) is 0.835. The van der Waals surface area contributed by atoms with Gasteiger partial charge in [-0.15, -0.1) is 0 Å². The predicted octanol–water partition coefficient (Wildman–Crippen LogP) is 4.73. The van der Waals surface area contributed by atoms with Crippen molar-refractivity contribution in [2.45, 2.75) is 38.3 Å². The van der Waals surface area contributed by atoms with Crippen molar-refractivity contribution >= 4 is 29.2 Å². The summed E-state index contributed by atoms with van der Waals surface area (Å²) in [5.41, 5.74) is 2.68. The molecule has 4 nitrogen and oxygen atoms in total. The smallest absolute Gasteiger partial charge is 0.320 e. The summed E-state index contributed by atoms with van der Waals surface area (Å²) in [7, 11) is 0. The molecule has 132 valence electrons. The lowest BCUT2D eigenvalue weighted by molar-refractivity contribution is -0.145. The van der Waals surface area contributed by atoms with Gasteiger partial charge in [0.1, 0.15) is 6.04 Å². The maximum atomic E-state index is 11.8. The molecule has 25 heavy (non-hydrogen) atoms. The van der Waals surface area contributed by atoms with Gasteiger partial charge in [-0.3, -0.25) is 14.7 Å². The van der Waals surface area contributed by atoms with Crippen LogP contribution in [0.4, 0.5) is 0 Å². The Morgan fingerprint density at radius 2 is 2.12 bits per heavy atom. The Kier molecular flexibility index (Phi) is 5.62. The number of hydrogen-bond acceptors (Lipinski definition) is 3. The summed E-state index contributed by atoms with van der Waals surface area (Å²) < 4.78 is 0. The van der Waals surface area contributed by atoms with Crippen molar-refractivity contribution in [2.75, 3.05) is 6.54 Å². The third kappa shape index (κ3) is 3.81. The van der Waals surface area contributed by atoms with Crippen molar-refractivity contribution in [3.05, 3.63) is 63.4 Å². The monoisotopic (exact) mass is 378 g/mol. The number of pyridine rings is 1. The van der Waals surface area contributed by atoms with Crippen LogP contribution < -0.4 is 0 Å². The largest absolute Gasteiger partial charge is 0.480 e. The minimum absolute atomic E-state index is 0.313. The number of likely N-dealkylation sites (tertiary alicyclic amines) is 1. The highest BCUT2D eigenvalue weighted by molar-refractivity contribution is 6.35. The van der Waals surface area contributed by atoms with E-state index in [9.17, 15) is 9.90 Å². The normalized spacial score (nSPS) is 19.6. The molecule has 1 aromatic heterocycles. The van der Waals surface area contributed by atoms with Gasteiger partial charge in [0.05, 0.1) is 11.7 Å². The number of carboxylic acid groups (broad SMARTS) is 1. The van der Waals surface area contributed by atoms with Crippen LogP contribution in [0, 0.1) is 6.92 Å². The first-order valence-electron chi connectivity index (χ1n) is 8.34. The lowest BCUT2D eigenvalue weighted by Crippen LogP contribution is -2.47. The van der Waals surface area contributed by atoms with Gasteiger partial charge in [0, 0.05) is 16.2 Å². The Hall–Kier alpha value is -1.62. The van der Waals surface area contributed by atoms with Crippen LogP contribution in [0.5, 0.6) is 0 Å². The van der Waals surface area contributed by atoms with Crippen LogP contribution in [-0.2, 0) is 4.79 Å². The van der Waals surface area contributed by atoms with E-state index in [0.717, 1.165) is 29.7 Å². The molecule has 1 aliphatic rings. The first kappa shape index (κ1) is 18.2. The first-order chi connectivity index (χ1) is 12.0. The van der Waals surface area contributed by atoms with Crippen LogP contribution in [-0.4, -0.2) is 33.5 Å². The molecular weight excluding hydrogens is 359 g/mol. The average molecular weight is 379 g/mol. The highest BCUT2D eigenvalue weighted by atomic mass is 35.5. The summed E-state index contributed by atoms with van der Waals surface area (Å²) in [6.07, 6.45) is 4.23. The standard InChI is InChI=1S/C19H20Cl2N2O2/c1-12-5-4-9-22-17(12)18(14-8-7-13(20)11-15(14)21)23-10-3-2-6-16(23)19(24)25/h4-5,7-9,11,16,18H,2-3,6,10H2,1H3,(H,24,25). The van der Waals surface area contributed by atoms with Gasteiger partial charge < -0.3 is 5.11 Å². The Morgan fingerprint density at radius 1 is 1.32 bits per heavy atom. The van der Waals surface area contributed by atoms with E-state index in [1.807, 2.05) is 30.0 Å². The number of aliphatic carboxylic acids is 1. The SMILES string of the molecule is Cc1cccnc1C(c1ccc(Cl)cc1Cl)N1CCCCC1C(=O)O.